The van der Waals surface area contributed by atoms with Gasteiger partial charge in [0, 0.05) is 12.1 Å². The highest BCUT2D eigenvalue weighted by Gasteiger charge is 2.18. The molecule has 0 aliphatic carbocycles. The molecule has 0 bridgehead atoms. The molecule has 7 heteroatoms. The molecule has 1 aromatic carbocycles. The Bertz CT molecular complexity index is 509. The van der Waals surface area contributed by atoms with Gasteiger partial charge in [-0.15, -0.1) is 0 Å². The van der Waals surface area contributed by atoms with Gasteiger partial charge in [0.1, 0.15) is 12.4 Å². The smallest absolute Gasteiger partial charge is 0.277 e. The third-order valence-corrected chi connectivity index (χ3v) is 3.48. The van der Waals surface area contributed by atoms with E-state index in [4.69, 9.17) is 10.5 Å². The second kappa shape index (κ2) is 6.23. The van der Waals surface area contributed by atoms with Gasteiger partial charge in [0.2, 0.25) is 0 Å². The summed E-state index contributed by atoms with van der Waals surface area (Å²) in [6, 6.07) is 7.06. The van der Waals surface area contributed by atoms with Crippen LogP contribution in [0.1, 0.15) is 20.8 Å². The zero-order valence-corrected chi connectivity index (χ0v) is 12.3. The lowest BCUT2D eigenvalue weighted by molar-refractivity contribution is 0.323. The number of hydrogen-bond donors (Lipinski definition) is 3. The average Bonchev–Trinajstić information content (AvgIpc) is 2.23. The Morgan fingerprint density at radius 1 is 1.26 bits per heavy atom. The van der Waals surface area contributed by atoms with E-state index in [1.807, 2.05) is 0 Å². The van der Waals surface area contributed by atoms with Crippen molar-refractivity contribution >= 4 is 15.9 Å². The lowest BCUT2D eigenvalue weighted by atomic mass is 10.1. The molecule has 0 aromatic heterocycles. The van der Waals surface area contributed by atoms with Crippen LogP contribution in [0.25, 0.3) is 0 Å². The molecule has 0 heterocycles. The van der Waals surface area contributed by atoms with E-state index in [-0.39, 0.29) is 13.2 Å². The lowest BCUT2D eigenvalue weighted by Gasteiger charge is -2.20. The van der Waals surface area contributed by atoms with Crippen LogP contribution in [-0.4, -0.2) is 27.1 Å². The van der Waals surface area contributed by atoms with E-state index in [1.54, 1.807) is 45.0 Å². The maximum absolute atomic E-state index is 11.6. The van der Waals surface area contributed by atoms with Crippen molar-refractivity contribution < 1.29 is 13.2 Å². The summed E-state index contributed by atoms with van der Waals surface area (Å²) in [5, 5.41) is 0. The van der Waals surface area contributed by atoms with E-state index in [1.165, 1.54) is 0 Å². The van der Waals surface area contributed by atoms with Crippen LogP contribution in [-0.2, 0) is 10.2 Å². The number of nitrogens with two attached hydrogens (primary N) is 1. The number of para-hydroxylation sites is 2. The van der Waals surface area contributed by atoms with Crippen molar-refractivity contribution in [3.8, 4) is 5.75 Å². The summed E-state index contributed by atoms with van der Waals surface area (Å²) in [6.07, 6.45) is 0. The van der Waals surface area contributed by atoms with Gasteiger partial charge < -0.3 is 10.5 Å². The molecule has 0 aliphatic rings. The maximum Gasteiger partial charge on any atom is 0.277 e. The van der Waals surface area contributed by atoms with Gasteiger partial charge in [-0.1, -0.05) is 12.1 Å². The summed E-state index contributed by atoms with van der Waals surface area (Å²) < 4.78 is 33.5. The molecule has 4 N–H and O–H groups in total. The van der Waals surface area contributed by atoms with Crippen LogP contribution < -0.4 is 19.9 Å². The highest BCUT2D eigenvalue weighted by Crippen LogP contribution is 2.19. The van der Waals surface area contributed by atoms with Crippen molar-refractivity contribution in [3.63, 3.8) is 0 Å². The number of anilines is 1. The molecule has 0 atom stereocenters. The summed E-state index contributed by atoms with van der Waals surface area (Å²) in [7, 11) is -3.52. The first-order valence-electron chi connectivity index (χ1n) is 5.95. The SMILES string of the molecule is CC(C)(C)NS(=O)(=O)NCCOc1ccccc1N. The van der Waals surface area contributed by atoms with Crippen LogP contribution in [0.3, 0.4) is 0 Å². The molecule has 0 radical (unpaired) electrons. The summed E-state index contributed by atoms with van der Waals surface area (Å²) in [4.78, 5) is 0. The molecule has 0 aliphatic heterocycles. The molecule has 1 aromatic rings. The van der Waals surface area contributed by atoms with E-state index in [0.29, 0.717) is 11.4 Å². The number of ether oxygens (including phenoxy) is 1. The Labute approximate surface area is 114 Å². The molecule has 19 heavy (non-hydrogen) atoms. The van der Waals surface area contributed by atoms with E-state index in [9.17, 15) is 8.42 Å². The Hall–Kier alpha value is -1.31. The second-order valence-electron chi connectivity index (χ2n) is 5.14. The fourth-order valence-electron chi connectivity index (χ4n) is 1.39. The van der Waals surface area contributed by atoms with Crippen LogP contribution in [0.4, 0.5) is 5.69 Å². The quantitative estimate of drug-likeness (QED) is 0.534. The number of benzene rings is 1. The van der Waals surface area contributed by atoms with Crippen LogP contribution in [0.2, 0.25) is 0 Å². The molecule has 0 unspecified atom stereocenters. The summed E-state index contributed by atoms with van der Waals surface area (Å²) >= 11 is 0. The standard InChI is InChI=1S/C12H21N3O3S/c1-12(2,3)15-19(16,17)14-8-9-18-11-7-5-4-6-10(11)13/h4-7,14-15H,8-9,13H2,1-3H3. The molecule has 6 nitrogen and oxygen atoms in total. The van der Waals surface area contributed by atoms with E-state index in [0.717, 1.165) is 0 Å². The van der Waals surface area contributed by atoms with Crippen molar-refractivity contribution in [2.24, 2.45) is 0 Å². The first-order chi connectivity index (χ1) is 8.70. The minimum atomic E-state index is -3.52. The van der Waals surface area contributed by atoms with Crippen molar-refractivity contribution in [1.29, 1.82) is 0 Å². The third kappa shape index (κ3) is 6.42. The Morgan fingerprint density at radius 2 is 1.89 bits per heavy atom. The van der Waals surface area contributed by atoms with Crippen molar-refractivity contribution in [3.05, 3.63) is 24.3 Å². The molecule has 0 amide bonds. The fraction of sp³-hybridized carbons (Fsp3) is 0.500. The summed E-state index contributed by atoms with van der Waals surface area (Å²) in [5.41, 5.74) is 5.70. The fourth-order valence-corrected chi connectivity index (χ4v) is 2.62. The monoisotopic (exact) mass is 287 g/mol. The Morgan fingerprint density at radius 3 is 2.47 bits per heavy atom. The molecule has 108 valence electrons. The topological polar surface area (TPSA) is 93.5 Å². The minimum absolute atomic E-state index is 0.166. The maximum atomic E-state index is 11.6. The molecule has 0 saturated carbocycles. The second-order valence-corrected chi connectivity index (χ2v) is 6.64. The Balaban J connectivity index is 2.37. The molecular weight excluding hydrogens is 266 g/mol. The first kappa shape index (κ1) is 15.7. The van der Waals surface area contributed by atoms with Crippen LogP contribution in [0, 0.1) is 0 Å². The van der Waals surface area contributed by atoms with E-state index in [2.05, 4.69) is 9.44 Å². The number of nitrogens with one attached hydrogen (secondary N) is 2. The molecule has 0 spiro atoms. The van der Waals surface area contributed by atoms with Gasteiger partial charge >= 0.3 is 0 Å². The van der Waals surface area contributed by atoms with Gasteiger partial charge in [0.25, 0.3) is 10.2 Å². The molecule has 0 saturated heterocycles. The summed E-state index contributed by atoms with van der Waals surface area (Å²) in [5.74, 6) is 0.547. The van der Waals surface area contributed by atoms with Gasteiger partial charge in [-0.25, -0.2) is 0 Å². The predicted octanol–water partition coefficient (Wildman–Crippen LogP) is 0.870. The van der Waals surface area contributed by atoms with Crippen LogP contribution in [0.5, 0.6) is 5.75 Å². The zero-order valence-electron chi connectivity index (χ0n) is 11.4. The molecule has 0 fully saturated rings. The molecule has 1 rings (SSSR count). The van der Waals surface area contributed by atoms with Gasteiger partial charge in [0.15, 0.2) is 0 Å². The highest BCUT2D eigenvalue weighted by atomic mass is 32.2. The van der Waals surface area contributed by atoms with E-state index < -0.39 is 15.7 Å². The molecular formula is C12H21N3O3S. The van der Waals surface area contributed by atoms with Gasteiger partial charge in [-0.05, 0) is 32.9 Å². The largest absolute Gasteiger partial charge is 0.490 e. The average molecular weight is 287 g/mol. The predicted molar refractivity (Wildman–Crippen MR) is 76.2 cm³/mol. The highest BCUT2D eigenvalue weighted by molar-refractivity contribution is 7.87. The minimum Gasteiger partial charge on any atom is -0.490 e. The van der Waals surface area contributed by atoms with Crippen molar-refractivity contribution in [1.82, 2.24) is 9.44 Å². The first-order valence-corrected chi connectivity index (χ1v) is 7.44. The number of nitrogen functional groups attached to an aromatic ring is 1. The van der Waals surface area contributed by atoms with Crippen LogP contribution >= 0.6 is 0 Å². The van der Waals surface area contributed by atoms with E-state index >= 15 is 0 Å². The number of rotatable bonds is 6. The van der Waals surface area contributed by atoms with Crippen LogP contribution in [0.15, 0.2) is 24.3 Å². The van der Waals surface area contributed by atoms with Gasteiger partial charge in [0.05, 0.1) is 5.69 Å². The summed E-state index contributed by atoms with van der Waals surface area (Å²) in [6.45, 7) is 5.69. The van der Waals surface area contributed by atoms with Gasteiger partial charge in [-0.3, -0.25) is 0 Å². The van der Waals surface area contributed by atoms with Crippen molar-refractivity contribution in [2.75, 3.05) is 18.9 Å². The van der Waals surface area contributed by atoms with Crippen molar-refractivity contribution in [2.45, 2.75) is 26.3 Å². The zero-order chi connectivity index (χ0) is 14.5. The third-order valence-electron chi connectivity index (χ3n) is 2.01. The number of hydrogen-bond acceptors (Lipinski definition) is 4. The lowest BCUT2D eigenvalue weighted by Crippen LogP contribution is -2.47. The normalized spacial score (nSPS) is 12.4. The Kier molecular flexibility index (Phi) is 5.16. The van der Waals surface area contributed by atoms with Gasteiger partial charge in [-0.2, -0.15) is 17.9 Å².